The summed E-state index contributed by atoms with van der Waals surface area (Å²) in [5.41, 5.74) is 0. The van der Waals surface area contributed by atoms with E-state index in [1.807, 2.05) is 7.11 Å². The summed E-state index contributed by atoms with van der Waals surface area (Å²) in [4.78, 5) is 0. The molecule has 0 unspecified atom stereocenters. The van der Waals surface area contributed by atoms with E-state index in [0.29, 0.717) is 12.1 Å². The molecule has 1 aliphatic carbocycles. The Morgan fingerprint density at radius 1 is 1.17 bits per heavy atom. The van der Waals surface area contributed by atoms with Crippen LogP contribution in [-0.4, -0.2) is 25.3 Å². The lowest BCUT2D eigenvalue weighted by Crippen LogP contribution is -2.38. The fourth-order valence-electron chi connectivity index (χ4n) is 1.94. The molecule has 0 atom stereocenters. The molecule has 1 aliphatic rings. The third-order valence-electron chi connectivity index (χ3n) is 2.58. The summed E-state index contributed by atoms with van der Waals surface area (Å²) in [6.07, 6.45) is 5.52. The highest BCUT2D eigenvalue weighted by molar-refractivity contribution is 4.78. The van der Waals surface area contributed by atoms with Crippen LogP contribution in [0.15, 0.2) is 0 Å². The lowest BCUT2D eigenvalue weighted by molar-refractivity contribution is 0.0616. The summed E-state index contributed by atoms with van der Waals surface area (Å²) < 4.78 is 5.32. The molecule has 0 radical (unpaired) electrons. The van der Waals surface area contributed by atoms with Crippen LogP contribution in [-0.2, 0) is 4.74 Å². The van der Waals surface area contributed by atoms with Crippen molar-refractivity contribution in [3.63, 3.8) is 0 Å². The Hall–Kier alpha value is -0.0800. The van der Waals surface area contributed by atoms with Gasteiger partial charge in [-0.2, -0.15) is 0 Å². The van der Waals surface area contributed by atoms with Gasteiger partial charge in [-0.25, -0.2) is 0 Å². The van der Waals surface area contributed by atoms with E-state index >= 15 is 0 Å². The normalized spacial score (nSPS) is 31.0. The van der Waals surface area contributed by atoms with Crippen LogP contribution in [0.1, 0.15) is 39.5 Å². The first kappa shape index (κ1) is 10.0. The van der Waals surface area contributed by atoms with Crippen molar-refractivity contribution in [2.24, 2.45) is 0 Å². The van der Waals surface area contributed by atoms with Crippen LogP contribution in [0.25, 0.3) is 0 Å². The monoisotopic (exact) mass is 171 g/mol. The Labute approximate surface area is 75.7 Å². The van der Waals surface area contributed by atoms with Crippen molar-refractivity contribution in [2.45, 2.75) is 57.7 Å². The minimum Gasteiger partial charge on any atom is -0.381 e. The fourth-order valence-corrected chi connectivity index (χ4v) is 1.94. The van der Waals surface area contributed by atoms with Crippen molar-refractivity contribution in [1.29, 1.82) is 0 Å². The molecule has 1 fully saturated rings. The first-order valence-corrected chi connectivity index (χ1v) is 5.01. The number of rotatable bonds is 3. The summed E-state index contributed by atoms with van der Waals surface area (Å²) in [5.74, 6) is 0. The predicted octanol–water partition coefficient (Wildman–Crippen LogP) is 1.94. The third-order valence-corrected chi connectivity index (χ3v) is 2.58. The second-order valence-electron chi connectivity index (χ2n) is 4.03. The molecule has 0 aromatic carbocycles. The zero-order valence-corrected chi connectivity index (χ0v) is 8.47. The highest BCUT2D eigenvalue weighted by Gasteiger charge is 2.20. The first-order chi connectivity index (χ1) is 5.72. The van der Waals surface area contributed by atoms with Gasteiger partial charge in [0.1, 0.15) is 0 Å². The molecule has 0 aromatic heterocycles. The van der Waals surface area contributed by atoms with E-state index in [2.05, 4.69) is 19.2 Å². The Morgan fingerprint density at radius 2 is 1.75 bits per heavy atom. The third kappa shape index (κ3) is 3.11. The number of nitrogens with one attached hydrogen (secondary N) is 1. The van der Waals surface area contributed by atoms with Crippen molar-refractivity contribution in [3.8, 4) is 0 Å². The molecule has 0 heterocycles. The Bertz CT molecular complexity index is 117. The van der Waals surface area contributed by atoms with Gasteiger partial charge in [0.05, 0.1) is 6.10 Å². The van der Waals surface area contributed by atoms with Crippen molar-refractivity contribution in [1.82, 2.24) is 5.32 Å². The standard InChI is InChI=1S/C10H21NO/c1-8(2)11-9-4-6-10(12-3)7-5-9/h8-11H,4-7H2,1-3H3/t9-,10-. The molecule has 12 heavy (non-hydrogen) atoms. The van der Waals surface area contributed by atoms with E-state index in [9.17, 15) is 0 Å². The minimum atomic E-state index is 0.523. The number of methoxy groups -OCH3 is 1. The molecule has 0 aliphatic heterocycles. The van der Waals surface area contributed by atoms with E-state index in [1.165, 1.54) is 25.7 Å². The van der Waals surface area contributed by atoms with Crippen molar-refractivity contribution in [3.05, 3.63) is 0 Å². The summed E-state index contributed by atoms with van der Waals surface area (Å²) in [5, 5.41) is 3.57. The van der Waals surface area contributed by atoms with Crippen molar-refractivity contribution < 1.29 is 4.74 Å². The highest BCUT2D eigenvalue weighted by Crippen LogP contribution is 2.20. The van der Waals surface area contributed by atoms with Gasteiger partial charge >= 0.3 is 0 Å². The summed E-state index contributed by atoms with van der Waals surface area (Å²) in [7, 11) is 1.82. The lowest BCUT2D eigenvalue weighted by Gasteiger charge is -2.29. The van der Waals surface area contributed by atoms with Gasteiger partial charge < -0.3 is 10.1 Å². The molecule has 1 N–H and O–H groups in total. The summed E-state index contributed by atoms with van der Waals surface area (Å²) in [6, 6.07) is 1.35. The van der Waals surface area contributed by atoms with Crippen LogP contribution in [0.2, 0.25) is 0 Å². The van der Waals surface area contributed by atoms with Gasteiger partial charge in [0.2, 0.25) is 0 Å². The molecule has 0 spiro atoms. The quantitative estimate of drug-likeness (QED) is 0.700. The lowest BCUT2D eigenvalue weighted by atomic mass is 9.92. The molecule has 1 rings (SSSR count). The number of ether oxygens (including phenoxy) is 1. The topological polar surface area (TPSA) is 21.3 Å². The van der Waals surface area contributed by atoms with E-state index in [0.717, 1.165) is 6.04 Å². The van der Waals surface area contributed by atoms with Crippen LogP contribution >= 0.6 is 0 Å². The SMILES string of the molecule is CO[C@H]1CC[C@H](NC(C)C)CC1. The fraction of sp³-hybridized carbons (Fsp3) is 1.00. The molecule has 0 aromatic rings. The van der Waals surface area contributed by atoms with Crippen LogP contribution in [0, 0.1) is 0 Å². The molecular formula is C10H21NO. The van der Waals surface area contributed by atoms with Crippen molar-refractivity contribution >= 4 is 0 Å². The van der Waals surface area contributed by atoms with Gasteiger partial charge in [0, 0.05) is 19.2 Å². The largest absolute Gasteiger partial charge is 0.381 e. The smallest absolute Gasteiger partial charge is 0.0572 e. The van der Waals surface area contributed by atoms with E-state index in [-0.39, 0.29) is 0 Å². The number of hydrogen-bond acceptors (Lipinski definition) is 2. The maximum atomic E-state index is 5.32. The summed E-state index contributed by atoms with van der Waals surface area (Å²) >= 11 is 0. The van der Waals surface area contributed by atoms with Gasteiger partial charge in [-0.15, -0.1) is 0 Å². The highest BCUT2D eigenvalue weighted by atomic mass is 16.5. The van der Waals surface area contributed by atoms with Crippen LogP contribution in [0.3, 0.4) is 0 Å². The molecule has 2 nitrogen and oxygen atoms in total. The average molecular weight is 171 g/mol. The van der Waals surface area contributed by atoms with Gasteiger partial charge in [0.25, 0.3) is 0 Å². The Kier molecular flexibility index (Phi) is 4.02. The molecule has 0 bridgehead atoms. The molecular weight excluding hydrogens is 150 g/mol. The molecule has 0 saturated heterocycles. The van der Waals surface area contributed by atoms with Crippen LogP contribution in [0.4, 0.5) is 0 Å². The van der Waals surface area contributed by atoms with E-state index < -0.39 is 0 Å². The van der Waals surface area contributed by atoms with Crippen LogP contribution in [0.5, 0.6) is 0 Å². The Morgan fingerprint density at radius 3 is 2.17 bits per heavy atom. The number of hydrogen-bond donors (Lipinski definition) is 1. The first-order valence-electron chi connectivity index (χ1n) is 5.01. The van der Waals surface area contributed by atoms with Gasteiger partial charge in [-0.05, 0) is 25.7 Å². The molecule has 2 heteroatoms. The maximum Gasteiger partial charge on any atom is 0.0572 e. The molecule has 0 amide bonds. The predicted molar refractivity (Wildman–Crippen MR) is 51.3 cm³/mol. The zero-order valence-electron chi connectivity index (χ0n) is 8.47. The minimum absolute atomic E-state index is 0.523. The summed E-state index contributed by atoms with van der Waals surface area (Å²) in [6.45, 7) is 4.42. The van der Waals surface area contributed by atoms with Gasteiger partial charge in [-0.3, -0.25) is 0 Å². The second kappa shape index (κ2) is 4.83. The average Bonchev–Trinajstić information content (AvgIpc) is 2.05. The van der Waals surface area contributed by atoms with Gasteiger partial charge in [-0.1, -0.05) is 13.8 Å². The van der Waals surface area contributed by atoms with E-state index in [1.54, 1.807) is 0 Å². The van der Waals surface area contributed by atoms with Crippen LogP contribution < -0.4 is 5.32 Å². The van der Waals surface area contributed by atoms with Gasteiger partial charge in [0.15, 0.2) is 0 Å². The Balaban J connectivity index is 2.17. The van der Waals surface area contributed by atoms with Crippen molar-refractivity contribution in [2.75, 3.05) is 7.11 Å². The van der Waals surface area contributed by atoms with E-state index in [4.69, 9.17) is 4.74 Å². The molecule has 1 saturated carbocycles. The second-order valence-corrected chi connectivity index (χ2v) is 4.03. The molecule has 72 valence electrons. The zero-order chi connectivity index (χ0) is 8.97. The maximum absolute atomic E-state index is 5.32.